The lowest BCUT2D eigenvalue weighted by Crippen LogP contribution is -2.51. The Morgan fingerprint density at radius 3 is 2.82 bits per heavy atom. The number of fused-ring (bicyclic) bond motifs is 1. The molecule has 0 aliphatic carbocycles. The van der Waals surface area contributed by atoms with Crippen LogP contribution in [-0.2, 0) is 4.74 Å². The van der Waals surface area contributed by atoms with Crippen LogP contribution in [0.15, 0.2) is 23.1 Å². The van der Waals surface area contributed by atoms with Crippen LogP contribution < -0.4 is 10.6 Å². The van der Waals surface area contributed by atoms with Crippen LogP contribution in [0, 0.1) is 5.41 Å². The number of piperidine rings is 1. The Hall–Kier alpha value is -1.18. The average Bonchev–Trinajstić information content (AvgIpc) is 3.12. The molecule has 2 atom stereocenters. The van der Waals surface area contributed by atoms with Crippen LogP contribution in [0.5, 0.6) is 0 Å². The summed E-state index contributed by atoms with van der Waals surface area (Å²) >= 11 is 3.50. The first-order chi connectivity index (χ1) is 10.6. The average molecular weight is 366 g/mol. The third kappa shape index (κ3) is 2.06. The molecule has 2 aliphatic rings. The maximum Gasteiger partial charge on any atom is 0.211 e. The van der Waals surface area contributed by atoms with E-state index in [1.54, 1.807) is 6.20 Å². The molecule has 6 nitrogen and oxygen atoms in total. The summed E-state index contributed by atoms with van der Waals surface area (Å²) in [6.45, 7) is 4.77. The van der Waals surface area contributed by atoms with E-state index in [4.69, 9.17) is 10.5 Å². The van der Waals surface area contributed by atoms with Crippen molar-refractivity contribution in [3.05, 3.63) is 23.1 Å². The number of rotatable bonds is 1. The van der Waals surface area contributed by atoms with Gasteiger partial charge in [-0.3, -0.25) is 4.40 Å². The quantitative estimate of drug-likeness (QED) is 0.834. The molecule has 1 unspecified atom stereocenters. The van der Waals surface area contributed by atoms with E-state index in [1.807, 2.05) is 16.8 Å². The van der Waals surface area contributed by atoms with E-state index in [0.717, 1.165) is 48.6 Å². The van der Waals surface area contributed by atoms with Crippen LogP contribution in [0.3, 0.4) is 0 Å². The lowest BCUT2D eigenvalue weighted by Gasteiger charge is -2.41. The van der Waals surface area contributed by atoms with Gasteiger partial charge >= 0.3 is 0 Å². The summed E-state index contributed by atoms with van der Waals surface area (Å²) in [5.41, 5.74) is 7.43. The second-order valence-electron chi connectivity index (χ2n) is 6.42. The molecule has 22 heavy (non-hydrogen) atoms. The fourth-order valence-electron chi connectivity index (χ4n) is 3.73. The molecule has 2 aliphatic heterocycles. The van der Waals surface area contributed by atoms with Crippen molar-refractivity contribution < 1.29 is 4.74 Å². The van der Waals surface area contributed by atoms with Crippen LogP contribution in [0.25, 0.3) is 5.65 Å². The van der Waals surface area contributed by atoms with Gasteiger partial charge in [0.2, 0.25) is 5.95 Å². The number of hydrogen-bond donors (Lipinski definition) is 1. The summed E-state index contributed by atoms with van der Waals surface area (Å²) in [5, 5.41) is 0. The van der Waals surface area contributed by atoms with Crippen molar-refractivity contribution in [1.29, 1.82) is 0 Å². The SMILES string of the molecule is C[C@@H]1OCC2(CCN(c3ncc(Br)c4nccn34)CC2)C1N. The van der Waals surface area contributed by atoms with E-state index in [0.29, 0.717) is 0 Å². The lowest BCUT2D eigenvalue weighted by atomic mass is 9.73. The molecule has 2 N–H and O–H groups in total. The first kappa shape index (κ1) is 14.4. The molecule has 0 bridgehead atoms. The third-order valence-electron chi connectivity index (χ3n) is 5.25. The summed E-state index contributed by atoms with van der Waals surface area (Å²) in [6, 6.07) is 0.140. The molecule has 2 fully saturated rings. The molecule has 2 aromatic rings. The molecular formula is C15H20BrN5O. The van der Waals surface area contributed by atoms with Gasteiger partial charge in [0.05, 0.1) is 17.2 Å². The second-order valence-corrected chi connectivity index (χ2v) is 7.27. The van der Waals surface area contributed by atoms with Gasteiger partial charge in [-0.2, -0.15) is 0 Å². The number of anilines is 1. The first-order valence-electron chi connectivity index (χ1n) is 7.70. The smallest absolute Gasteiger partial charge is 0.211 e. The molecule has 4 rings (SSSR count). The van der Waals surface area contributed by atoms with Gasteiger partial charge in [-0.1, -0.05) is 0 Å². The zero-order valence-electron chi connectivity index (χ0n) is 12.6. The number of ether oxygens (including phenoxy) is 1. The van der Waals surface area contributed by atoms with E-state index < -0.39 is 0 Å². The largest absolute Gasteiger partial charge is 0.376 e. The Morgan fingerprint density at radius 1 is 1.36 bits per heavy atom. The van der Waals surface area contributed by atoms with Crippen molar-refractivity contribution in [3.8, 4) is 0 Å². The van der Waals surface area contributed by atoms with Gasteiger partial charge in [-0.15, -0.1) is 0 Å². The number of nitrogens with zero attached hydrogens (tertiary/aromatic N) is 4. The van der Waals surface area contributed by atoms with Crippen LogP contribution in [0.2, 0.25) is 0 Å². The van der Waals surface area contributed by atoms with E-state index in [1.165, 1.54) is 0 Å². The molecule has 0 aromatic carbocycles. The van der Waals surface area contributed by atoms with Gasteiger partial charge < -0.3 is 15.4 Å². The molecule has 2 aromatic heterocycles. The molecular weight excluding hydrogens is 346 g/mol. The fourth-order valence-corrected chi connectivity index (χ4v) is 4.13. The molecule has 2 saturated heterocycles. The van der Waals surface area contributed by atoms with Crippen molar-refractivity contribution >= 4 is 27.5 Å². The molecule has 1 spiro atoms. The summed E-state index contributed by atoms with van der Waals surface area (Å²) in [4.78, 5) is 11.3. The van der Waals surface area contributed by atoms with Crippen molar-refractivity contribution in [2.45, 2.75) is 31.9 Å². The molecule has 0 saturated carbocycles. The summed E-state index contributed by atoms with van der Waals surface area (Å²) < 4.78 is 8.74. The normalized spacial score (nSPS) is 27.9. The first-order valence-corrected chi connectivity index (χ1v) is 8.50. The number of halogens is 1. The van der Waals surface area contributed by atoms with Gasteiger partial charge in [0.15, 0.2) is 5.65 Å². The third-order valence-corrected chi connectivity index (χ3v) is 5.81. The van der Waals surface area contributed by atoms with Gasteiger partial charge in [0.1, 0.15) is 0 Å². The van der Waals surface area contributed by atoms with Crippen LogP contribution in [-0.4, -0.2) is 46.2 Å². The molecule has 4 heterocycles. The Balaban J connectivity index is 1.59. The number of aromatic nitrogens is 3. The van der Waals surface area contributed by atoms with E-state index >= 15 is 0 Å². The minimum atomic E-state index is 0.138. The lowest BCUT2D eigenvalue weighted by molar-refractivity contribution is 0.0973. The highest BCUT2D eigenvalue weighted by atomic mass is 79.9. The maximum atomic E-state index is 6.39. The van der Waals surface area contributed by atoms with E-state index in [9.17, 15) is 0 Å². The van der Waals surface area contributed by atoms with Crippen molar-refractivity contribution in [2.75, 3.05) is 24.6 Å². The zero-order valence-corrected chi connectivity index (χ0v) is 14.2. The van der Waals surface area contributed by atoms with Crippen LogP contribution in [0.1, 0.15) is 19.8 Å². The molecule has 0 radical (unpaired) electrons. The van der Waals surface area contributed by atoms with E-state index in [2.05, 4.69) is 37.7 Å². The standard InChI is InChI=1S/C15H20BrN5O/c1-10-12(17)15(9-22-10)2-5-20(6-3-15)14-19-8-11(16)13-18-4-7-21(13)14/h4,7-8,10,12H,2-3,5-6,9,17H2,1H3/t10-,12?/m0/s1. The van der Waals surface area contributed by atoms with Crippen molar-refractivity contribution in [1.82, 2.24) is 14.4 Å². The zero-order chi connectivity index (χ0) is 15.3. The summed E-state index contributed by atoms with van der Waals surface area (Å²) in [7, 11) is 0. The minimum Gasteiger partial charge on any atom is -0.376 e. The van der Waals surface area contributed by atoms with Crippen LogP contribution in [0.4, 0.5) is 5.95 Å². The Bertz CT molecular complexity index is 694. The molecule has 7 heteroatoms. The van der Waals surface area contributed by atoms with Gasteiger partial charge in [-0.05, 0) is 35.7 Å². The highest BCUT2D eigenvalue weighted by Crippen LogP contribution is 2.41. The molecule has 0 amide bonds. The highest BCUT2D eigenvalue weighted by molar-refractivity contribution is 9.10. The predicted molar refractivity (Wildman–Crippen MR) is 88.0 cm³/mol. The Labute approximate surface area is 137 Å². The summed E-state index contributed by atoms with van der Waals surface area (Å²) in [5.74, 6) is 0.950. The van der Waals surface area contributed by atoms with Crippen LogP contribution >= 0.6 is 15.9 Å². The highest BCUT2D eigenvalue weighted by Gasteiger charge is 2.47. The van der Waals surface area contributed by atoms with Gasteiger partial charge in [0, 0.05) is 43.1 Å². The van der Waals surface area contributed by atoms with Gasteiger partial charge in [-0.25, -0.2) is 9.97 Å². The Morgan fingerprint density at radius 2 is 2.14 bits per heavy atom. The maximum absolute atomic E-state index is 6.39. The topological polar surface area (TPSA) is 68.7 Å². The summed E-state index contributed by atoms with van der Waals surface area (Å²) in [6.07, 6.45) is 7.85. The van der Waals surface area contributed by atoms with Crippen molar-refractivity contribution in [2.24, 2.45) is 11.1 Å². The monoisotopic (exact) mass is 365 g/mol. The number of imidazole rings is 1. The number of nitrogens with two attached hydrogens (primary N) is 1. The van der Waals surface area contributed by atoms with Crippen molar-refractivity contribution in [3.63, 3.8) is 0 Å². The minimum absolute atomic E-state index is 0.138. The van der Waals surface area contributed by atoms with Gasteiger partial charge in [0.25, 0.3) is 0 Å². The number of hydrogen-bond acceptors (Lipinski definition) is 5. The fraction of sp³-hybridized carbons (Fsp3) is 0.600. The predicted octanol–water partition coefficient (Wildman–Crippen LogP) is 1.82. The second kappa shape index (κ2) is 5.18. The Kier molecular flexibility index (Phi) is 3.39. The molecule has 118 valence electrons. The van der Waals surface area contributed by atoms with E-state index in [-0.39, 0.29) is 17.6 Å².